The maximum Gasteiger partial charge on any atom is 0.223 e. The highest BCUT2D eigenvalue weighted by molar-refractivity contribution is 5.79. The summed E-state index contributed by atoms with van der Waals surface area (Å²) in [6.07, 6.45) is 8.24. The van der Waals surface area contributed by atoms with Gasteiger partial charge in [-0.3, -0.25) is 14.2 Å². The van der Waals surface area contributed by atoms with Crippen molar-refractivity contribution in [1.82, 2.24) is 14.9 Å². The standard InChI is InChI=1S/C17H23FN4O/c18-10-12-9-15(23)22(11-12)14-3-7-21(8-4-14)17-16(13-1-2-13)19-5-6-20-17/h5-6,12-14H,1-4,7-11H2. The van der Waals surface area contributed by atoms with Crippen molar-refractivity contribution in [2.75, 3.05) is 31.2 Å². The first-order valence-corrected chi connectivity index (χ1v) is 8.67. The third-order valence-electron chi connectivity index (χ3n) is 5.33. The van der Waals surface area contributed by atoms with Crippen molar-refractivity contribution >= 4 is 11.7 Å². The lowest BCUT2D eigenvalue weighted by molar-refractivity contribution is -0.130. The highest BCUT2D eigenvalue weighted by atomic mass is 19.1. The van der Waals surface area contributed by atoms with Crippen molar-refractivity contribution in [3.63, 3.8) is 0 Å². The molecule has 124 valence electrons. The van der Waals surface area contributed by atoms with Gasteiger partial charge in [0.25, 0.3) is 0 Å². The lowest BCUT2D eigenvalue weighted by atomic mass is 10.0. The van der Waals surface area contributed by atoms with E-state index in [0.717, 1.165) is 37.4 Å². The van der Waals surface area contributed by atoms with Gasteiger partial charge in [-0.05, 0) is 25.7 Å². The Labute approximate surface area is 135 Å². The number of amides is 1. The van der Waals surface area contributed by atoms with E-state index in [9.17, 15) is 9.18 Å². The monoisotopic (exact) mass is 318 g/mol. The summed E-state index contributed by atoms with van der Waals surface area (Å²) in [4.78, 5) is 25.4. The minimum absolute atomic E-state index is 0.0954. The predicted molar refractivity (Wildman–Crippen MR) is 85.0 cm³/mol. The molecule has 3 fully saturated rings. The van der Waals surface area contributed by atoms with Crippen LogP contribution >= 0.6 is 0 Å². The molecule has 1 amide bonds. The summed E-state index contributed by atoms with van der Waals surface area (Å²) < 4.78 is 12.8. The SMILES string of the molecule is O=C1CC(CF)CN1C1CCN(c2nccnc2C2CC2)CC1. The molecule has 6 heteroatoms. The van der Waals surface area contributed by atoms with Gasteiger partial charge in [-0.25, -0.2) is 4.98 Å². The summed E-state index contributed by atoms with van der Waals surface area (Å²) in [5.41, 5.74) is 1.14. The van der Waals surface area contributed by atoms with E-state index in [4.69, 9.17) is 0 Å². The number of nitrogens with zero attached hydrogens (tertiary/aromatic N) is 4. The molecule has 0 spiro atoms. The van der Waals surface area contributed by atoms with Crippen molar-refractivity contribution in [2.45, 2.75) is 44.1 Å². The number of rotatable bonds is 4. The fraction of sp³-hybridized carbons (Fsp3) is 0.706. The largest absolute Gasteiger partial charge is 0.355 e. The molecule has 3 aliphatic rings. The van der Waals surface area contributed by atoms with Crippen LogP contribution in [0.5, 0.6) is 0 Å². The quantitative estimate of drug-likeness (QED) is 0.853. The highest BCUT2D eigenvalue weighted by Crippen LogP contribution is 2.42. The third-order valence-corrected chi connectivity index (χ3v) is 5.33. The molecule has 0 N–H and O–H groups in total. The van der Waals surface area contributed by atoms with Crippen molar-refractivity contribution in [3.8, 4) is 0 Å². The van der Waals surface area contributed by atoms with Gasteiger partial charge in [0.15, 0.2) is 5.82 Å². The number of alkyl halides is 1. The Bertz CT molecular complexity index is 584. The molecule has 1 aromatic rings. The number of hydrogen-bond donors (Lipinski definition) is 0. The van der Waals surface area contributed by atoms with E-state index in [0.29, 0.717) is 18.9 Å². The summed E-state index contributed by atoms with van der Waals surface area (Å²) in [5, 5.41) is 0. The molecule has 4 rings (SSSR count). The number of halogens is 1. The Morgan fingerprint density at radius 1 is 1.13 bits per heavy atom. The molecule has 2 saturated heterocycles. The van der Waals surface area contributed by atoms with Gasteiger partial charge in [-0.15, -0.1) is 0 Å². The lowest BCUT2D eigenvalue weighted by Gasteiger charge is -2.37. The molecule has 23 heavy (non-hydrogen) atoms. The van der Waals surface area contributed by atoms with Crippen molar-refractivity contribution in [1.29, 1.82) is 0 Å². The Morgan fingerprint density at radius 3 is 2.52 bits per heavy atom. The Morgan fingerprint density at radius 2 is 1.87 bits per heavy atom. The molecule has 1 aromatic heterocycles. The number of carbonyl (C=O) groups is 1. The van der Waals surface area contributed by atoms with Crippen molar-refractivity contribution < 1.29 is 9.18 Å². The fourth-order valence-electron chi connectivity index (χ4n) is 3.88. The second-order valence-corrected chi connectivity index (χ2v) is 7.03. The number of hydrogen-bond acceptors (Lipinski definition) is 4. The number of anilines is 1. The summed E-state index contributed by atoms with van der Waals surface area (Å²) in [5.74, 6) is 1.65. The van der Waals surface area contributed by atoms with Crippen LogP contribution in [0, 0.1) is 5.92 Å². The molecule has 1 atom stereocenters. The van der Waals surface area contributed by atoms with Crippen LogP contribution in [0.4, 0.5) is 10.2 Å². The minimum atomic E-state index is -0.383. The maximum atomic E-state index is 12.8. The minimum Gasteiger partial charge on any atom is -0.355 e. The van der Waals surface area contributed by atoms with Crippen LogP contribution in [-0.2, 0) is 4.79 Å². The zero-order valence-electron chi connectivity index (χ0n) is 13.3. The summed E-state index contributed by atoms with van der Waals surface area (Å²) in [6.45, 7) is 2.00. The predicted octanol–water partition coefficient (Wildman–Crippen LogP) is 2.14. The van der Waals surface area contributed by atoms with E-state index in [-0.39, 0.29) is 24.5 Å². The summed E-state index contributed by atoms with van der Waals surface area (Å²) >= 11 is 0. The smallest absolute Gasteiger partial charge is 0.223 e. The second kappa shape index (κ2) is 6.06. The Balaban J connectivity index is 1.41. The van der Waals surface area contributed by atoms with Gasteiger partial charge in [0.05, 0.1) is 12.4 Å². The van der Waals surface area contributed by atoms with E-state index >= 15 is 0 Å². The molecule has 3 heterocycles. The molecule has 0 aromatic carbocycles. The van der Waals surface area contributed by atoms with Crippen LogP contribution in [0.15, 0.2) is 12.4 Å². The summed E-state index contributed by atoms with van der Waals surface area (Å²) in [6, 6.07) is 0.261. The van der Waals surface area contributed by atoms with Crippen LogP contribution < -0.4 is 4.90 Å². The number of aromatic nitrogens is 2. The van der Waals surface area contributed by atoms with E-state index in [2.05, 4.69) is 14.9 Å². The molecule has 1 unspecified atom stereocenters. The van der Waals surface area contributed by atoms with Crippen molar-refractivity contribution in [3.05, 3.63) is 18.1 Å². The highest BCUT2D eigenvalue weighted by Gasteiger charge is 2.37. The van der Waals surface area contributed by atoms with Gasteiger partial charge in [0, 0.05) is 56.3 Å². The van der Waals surface area contributed by atoms with Gasteiger partial charge < -0.3 is 9.80 Å². The lowest BCUT2D eigenvalue weighted by Crippen LogP contribution is -2.46. The first kappa shape index (κ1) is 14.8. The Kier molecular flexibility index (Phi) is 3.91. The number of carbonyl (C=O) groups excluding carboxylic acids is 1. The van der Waals surface area contributed by atoms with Crippen LogP contribution in [0.1, 0.15) is 43.7 Å². The third kappa shape index (κ3) is 2.91. The molecular weight excluding hydrogens is 295 g/mol. The average Bonchev–Trinajstić information content (AvgIpc) is 3.37. The first-order valence-electron chi connectivity index (χ1n) is 8.67. The van der Waals surface area contributed by atoms with E-state index in [1.165, 1.54) is 12.8 Å². The Hall–Kier alpha value is -1.72. The van der Waals surface area contributed by atoms with Gasteiger partial charge >= 0.3 is 0 Å². The summed E-state index contributed by atoms with van der Waals surface area (Å²) in [7, 11) is 0. The van der Waals surface area contributed by atoms with Gasteiger partial charge in [0.2, 0.25) is 5.91 Å². The van der Waals surface area contributed by atoms with Gasteiger partial charge in [0.1, 0.15) is 0 Å². The van der Waals surface area contributed by atoms with E-state index in [1.807, 2.05) is 4.90 Å². The topological polar surface area (TPSA) is 49.3 Å². The molecule has 0 bridgehead atoms. The van der Waals surface area contributed by atoms with Crippen LogP contribution in [0.2, 0.25) is 0 Å². The first-order chi connectivity index (χ1) is 11.3. The van der Waals surface area contributed by atoms with Gasteiger partial charge in [-0.1, -0.05) is 0 Å². The second-order valence-electron chi connectivity index (χ2n) is 7.03. The number of piperidine rings is 1. The molecule has 1 aliphatic carbocycles. The normalized spacial score (nSPS) is 26.1. The van der Waals surface area contributed by atoms with Crippen LogP contribution in [-0.4, -0.2) is 53.1 Å². The molecule has 5 nitrogen and oxygen atoms in total. The average molecular weight is 318 g/mol. The van der Waals surface area contributed by atoms with Crippen LogP contribution in [0.3, 0.4) is 0 Å². The zero-order valence-corrected chi connectivity index (χ0v) is 13.3. The van der Waals surface area contributed by atoms with Crippen LogP contribution in [0.25, 0.3) is 0 Å². The van der Waals surface area contributed by atoms with E-state index in [1.54, 1.807) is 12.4 Å². The zero-order chi connectivity index (χ0) is 15.8. The van der Waals surface area contributed by atoms with Gasteiger partial charge in [-0.2, -0.15) is 0 Å². The molecule has 2 aliphatic heterocycles. The van der Waals surface area contributed by atoms with Crippen molar-refractivity contribution in [2.24, 2.45) is 5.92 Å². The number of likely N-dealkylation sites (tertiary alicyclic amines) is 1. The molecule has 0 radical (unpaired) electrons. The molecular formula is C17H23FN4O. The molecule has 1 saturated carbocycles. The fourth-order valence-corrected chi connectivity index (χ4v) is 3.88. The van der Waals surface area contributed by atoms with E-state index < -0.39 is 0 Å². The maximum absolute atomic E-state index is 12.8.